The number of carbonyl (C=O) groups is 6. The first kappa shape index (κ1) is 99.3. The average Bonchev–Trinajstić information content (AvgIpc) is 1.39. The number of nitrogens with zero attached hydrogens (tertiary/aromatic N) is 12. The molecule has 3 aromatic heterocycles. The monoisotopic (exact) mass is 1920 g/mol. The van der Waals surface area contributed by atoms with Crippen LogP contribution in [0.1, 0.15) is 194 Å². The van der Waals surface area contributed by atoms with Crippen LogP contribution in [0.5, 0.6) is 11.5 Å². The zero-order valence-corrected chi connectivity index (χ0v) is 77.8. The lowest BCUT2D eigenvalue weighted by Gasteiger charge is -2.38. The standard InChI is InChI=1S/C34H36ClF3N4O4.C33H37F3N4O5.C31H31F5N4O5/c1-19-13-24(15-25(14-19)34(36,37)38)30-20(2)42(33(44)46-30)18-29-27(17-39-32(40-29)41-11-4-12-41)26-16-23(9-10-28(26)35)21-5-7-22(8-6-21)31(43)45-3;1-19-12-21(14-23(13-19)33(34,35)36)29-20(2)40(31(42)45-29)18-26-25(17-37-30(38-26)39-10-7-11-39)24-15-22(8-9-27(24)43-5)32(3,4)16-28(41)44-6;1-17-9-20(12-21(10-17)31(34,35)36)27-18(2)40(29(42)45-27)14-24-23(13-37-28(38-24)39-15-30(32,33)16-39)22-11-19(5-7-25(22)43-3)6-8-26(41)44-4/h9-10,13-17,20-22,30H,4-8,11-12,18H2,1-3H3;8-9,12-15,17,20,29H,7,10-11,16,18H2,1-6H3;5,7,9-13,18,27H,6,8,14-16H2,1-4H3/t20-,21?,22?,30-;20-,29-;18-,27-/m000/s1. The topological polar surface area (TPSA) is 273 Å². The third-order valence-corrected chi connectivity index (χ3v) is 26.2. The number of rotatable bonds is 25. The van der Waals surface area contributed by atoms with Gasteiger partial charge in [-0.1, -0.05) is 78.5 Å². The fourth-order valence-corrected chi connectivity index (χ4v) is 18.2. The Morgan fingerprint density at radius 1 is 0.456 bits per heavy atom. The van der Waals surface area contributed by atoms with Gasteiger partial charge in [-0.25, -0.2) is 53.1 Å². The summed E-state index contributed by atoms with van der Waals surface area (Å²) in [7, 11) is 7.08. The fraction of sp³-hybridized carbons (Fsp3) is 0.449. The summed E-state index contributed by atoms with van der Waals surface area (Å²) in [6.45, 7) is 15.8. The van der Waals surface area contributed by atoms with Crippen molar-refractivity contribution >= 4 is 65.6 Å². The Hall–Kier alpha value is -12.7. The van der Waals surface area contributed by atoms with Crippen molar-refractivity contribution in [2.45, 2.75) is 205 Å². The molecule has 0 unspecified atom stereocenters. The van der Waals surface area contributed by atoms with Crippen LogP contribution in [0.3, 0.4) is 0 Å². The molecule has 6 aliphatic heterocycles. The molecular weight excluding hydrogens is 1810 g/mol. The molecule has 26 nitrogen and oxygen atoms in total. The minimum atomic E-state index is -4.59. The van der Waals surface area contributed by atoms with Gasteiger partial charge >= 0.3 is 54.7 Å². The summed E-state index contributed by atoms with van der Waals surface area (Å²) in [6, 6.07) is 25.9. The molecule has 0 N–H and O–H groups in total. The first-order chi connectivity index (χ1) is 64.3. The lowest BCUT2D eigenvalue weighted by Crippen LogP contribution is -2.57. The van der Waals surface area contributed by atoms with E-state index in [1.54, 1.807) is 84.5 Å². The van der Waals surface area contributed by atoms with Gasteiger partial charge in [-0.3, -0.25) is 29.1 Å². The number of carbonyl (C=O) groups excluding carboxylic acids is 6. The van der Waals surface area contributed by atoms with Crippen LogP contribution in [0.25, 0.3) is 33.4 Å². The molecule has 6 atom stereocenters. The molecule has 3 amide bonds. The van der Waals surface area contributed by atoms with Gasteiger partial charge in [0, 0.05) is 95.0 Å². The highest BCUT2D eigenvalue weighted by atomic mass is 35.5. The zero-order valence-electron chi connectivity index (χ0n) is 77.1. The predicted octanol–water partition coefficient (Wildman–Crippen LogP) is 20.6. The van der Waals surface area contributed by atoms with Gasteiger partial charge in [0.25, 0.3) is 5.92 Å². The summed E-state index contributed by atoms with van der Waals surface area (Å²) in [6.07, 6.45) is -7.78. The summed E-state index contributed by atoms with van der Waals surface area (Å²) in [5, 5.41) is 0.503. The van der Waals surface area contributed by atoms with Crippen molar-refractivity contribution in [1.82, 2.24) is 44.6 Å². The number of aryl methyl sites for hydroxylation is 4. The van der Waals surface area contributed by atoms with E-state index in [1.165, 1.54) is 67.2 Å². The van der Waals surface area contributed by atoms with Crippen molar-refractivity contribution in [2.24, 2.45) is 5.92 Å². The maximum Gasteiger partial charge on any atom is 0.416 e. The van der Waals surface area contributed by atoms with E-state index in [1.807, 2.05) is 60.0 Å². The highest BCUT2D eigenvalue weighted by molar-refractivity contribution is 6.33. The van der Waals surface area contributed by atoms with Gasteiger partial charge in [0.2, 0.25) is 17.8 Å². The Balaban J connectivity index is 0.000000163. The number of methoxy groups -OCH3 is 5. The van der Waals surface area contributed by atoms with Gasteiger partial charge in [-0.15, -0.1) is 0 Å². The lowest BCUT2D eigenvalue weighted by molar-refractivity contribution is -0.146. The molecule has 6 saturated heterocycles. The lowest BCUT2D eigenvalue weighted by atomic mass is 9.78. The Labute approximate surface area is 783 Å². The maximum absolute atomic E-state index is 13.7. The van der Waals surface area contributed by atoms with Crippen molar-refractivity contribution < 1.29 is 115 Å². The summed E-state index contributed by atoms with van der Waals surface area (Å²) < 4.78 is 192. The molecule has 0 bridgehead atoms. The molecule has 0 spiro atoms. The number of benzene rings is 6. The Morgan fingerprint density at radius 2 is 0.853 bits per heavy atom. The molecule has 724 valence electrons. The molecule has 6 aromatic carbocycles. The summed E-state index contributed by atoms with van der Waals surface area (Å²) in [5.74, 6) is -1.56. The quantitative estimate of drug-likeness (QED) is 0.0292. The van der Waals surface area contributed by atoms with E-state index in [0.29, 0.717) is 90.7 Å². The van der Waals surface area contributed by atoms with Gasteiger partial charge in [0.05, 0.1) is 133 Å². The van der Waals surface area contributed by atoms with Gasteiger partial charge in [0.15, 0.2) is 0 Å². The third kappa shape index (κ3) is 22.2. The average molecular weight is 1920 g/mol. The number of halogens is 12. The van der Waals surface area contributed by atoms with Crippen LogP contribution in [0.2, 0.25) is 5.02 Å². The number of anilines is 3. The zero-order chi connectivity index (χ0) is 98.1. The second-order valence-electron chi connectivity index (χ2n) is 35.9. The van der Waals surface area contributed by atoms with E-state index in [9.17, 15) is 77.1 Å². The maximum atomic E-state index is 13.7. The number of ether oxygens (including phenoxy) is 8. The van der Waals surface area contributed by atoms with Crippen LogP contribution in [-0.4, -0.2) is 180 Å². The molecule has 1 aliphatic carbocycles. The number of hydrogen-bond donors (Lipinski definition) is 0. The van der Waals surface area contributed by atoms with Gasteiger partial charge < -0.3 is 52.6 Å². The summed E-state index contributed by atoms with van der Waals surface area (Å²) in [5.41, 5.74) is 6.68. The number of alkyl halides is 11. The van der Waals surface area contributed by atoms with Crippen molar-refractivity contribution in [3.63, 3.8) is 0 Å². The van der Waals surface area contributed by atoms with E-state index in [2.05, 4.69) is 19.9 Å². The fourth-order valence-electron chi connectivity index (χ4n) is 18.0. The number of cyclic esters (lactones) is 3. The van der Waals surface area contributed by atoms with E-state index >= 15 is 0 Å². The molecule has 9 heterocycles. The minimum absolute atomic E-state index is 0.0199. The Bertz CT molecular complexity index is 5990. The van der Waals surface area contributed by atoms with Crippen LogP contribution < -0.4 is 24.2 Å². The molecule has 136 heavy (non-hydrogen) atoms. The van der Waals surface area contributed by atoms with Crippen LogP contribution in [0, 0.1) is 26.7 Å². The van der Waals surface area contributed by atoms with Crippen LogP contribution >= 0.6 is 11.6 Å². The first-order valence-corrected chi connectivity index (χ1v) is 44.8. The van der Waals surface area contributed by atoms with Crippen molar-refractivity contribution in [3.05, 3.63) is 217 Å². The molecular formula is C98H104ClF11N12O14. The largest absolute Gasteiger partial charge is 0.496 e. The summed E-state index contributed by atoms with van der Waals surface area (Å²) >= 11 is 6.79. The Kier molecular flexibility index (Phi) is 29.4. The van der Waals surface area contributed by atoms with Crippen LogP contribution in [0.4, 0.5) is 80.5 Å². The van der Waals surface area contributed by atoms with Crippen molar-refractivity contribution in [1.29, 1.82) is 0 Å². The molecule has 38 heteroatoms. The van der Waals surface area contributed by atoms with Crippen molar-refractivity contribution in [2.75, 3.05) is 89.5 Å². The second kappa shape index (κ2) is 40.3. The van der Waals surface area contributed by atoms with Gasteiger partial charge in [0.1, 0.15) is 29.8 Å². The third-order valence-electron chi connectivity index (χ3n) is 25.9. The number of hydrogen-bond acceptors (Lipinski definition) is 23. The summed E-state index contributed by atoms with van der Waals surface area (Å²) in [4.78, 5) is 113. The normalized spacial score (nSPS) is 20.3. The molecule has 7 aliphatic rings. The smallest absolute Gasteiger partial charge is 0.416 e. The second-order valence-corrected chi connectivity index (χ2v) is 36.3. The van der Waals surface area contributed by atoms with E-state index in [0.717, 1.165) is 123 Å². The number of aromatic nitrogens is 6. The number of esters is 3. The molecule has 16 rings (SSSR count). The van der Waals surface area contributed by atoms with E-state index in [-0.39, 0.29) is 90.6 Å². The van der Waals surface area contributed by atoms with Crippen LogP contribution in [-0.2, 0) is 92.8 Å². The molecule has 1 saturated carbocycles. The molecule has 7 fully saturated rings. The SMILES string of the molecule is COC(=O)C1CCC(c2ccc(Cl)c(-c3cnc(N4CCC4)nc3CN3C(=O)O[C@H](c4cc(C)cc(C(F)(F)F)c4)[C@@H]3C)c2)CC1.COC(=O)CC(C)(C)c1ccc(OC)c(-c2cnc(N3CCC3)nc2CN2C(=O)O[C@H](c3cc(C)cc(C(F)(F)F)c3)[C@@H]2C)c1.COC(=O)CCc1ccc(OC)c(-c2cnc(N3CC(F)(F)C3)nc2CN2C(=O)O[C@H](c3cc(C)cc(C(F)(F)F)c3)[C@@H]2C)c1. The Morgan fingerprint density at radius 3 is 1.23 bits per heavy atom. The predicted molar refractivity (Wildman–Crippen MR) is 479 cm³/mol. The van der Waals surface area contributed by atoms with E-state index in [4.69, 9.17) is 59.5 Å². The van der Waals surface area contributed by atoms with Crippen LogP contribution in [0.15, 0.2) is 128 Å². The highest BCUT2D eigenvalue weighted by Gasteiger charge is 2.49. The first-order valence-electron chi connectivity index (χ1n) is 44.4. The molecule has 9 aromatic rings. The highest BCUT2D eigenvalue weighted by Crippen LogP contribution is 2.48. The molecule has 0 radical (unpaired) electrons. The van der Waals surface area contributed by atoms with Crippen molar-refractivity contribution in [3.8, 4) is 44.9 Å². The number of amides is 3. The van der Waals surface area contributed by atoms with E-state index < -0.39 is 114 Å². The van der Waals surface area contributed by atoms with Gasteiger partial charge in [-0.2, -0.15) is 39.5 Å². The minimum Gasteiger partial charge on any atom is -0.496 e. The van der Waals surface area contributed by atoms with Gasteiger partial charge in [-0.05, 0) is 199 Å².